The number of rotatable bonds is 6. The quantitative estimate of drug-likeness (QED) is 0.485. The van der Waals surface area contributed by atoms with Gasteiger partial charge in [-0.3, -0.25) is 14.9 Å². The van der Waals surface area contributed by atoms with Crippen molar-refractivity contribution in [2.24, 2.45) is 0 Å². The van der Waals surface area contributed by atoms with Crippen molar-refractivity contribution in [1.29, 1.82) is 0 Å². The van der Waals surface area contributed by atoms with Crippen LogP contribution in [0.4, 0.5) is 5.69 Å². The van der Waals surface area contributed by atoms with E-state index < -0.39 is 10.8 Å². The number of nitro groups is 1. The van der Waals surface area contributed by atoms with Crippen molar-refractivity contribution in [2.75, 3.05) is 5.33 Å². The fourth-order valence-electron chi connectivity index (χ4n) is 1.61. The molecule has 0 radical (unpaired) electrons. The topological polar surface area (TPSA) is 72.2 Å². The van der Waals surface area contributed by atoms with E-state index in [1.165, 1.54) is 18.2 Å². The van der Waals surface area contributed by atoms with E-state index in [4.69, 9.17) is 11.6 Å². The van der Waals surface area contributed by atoms with Crippen LogP contribution in [0.15, 0.2) is 18.2 Å². The fourth-order valence-corrected chi connectivity index (χ4v) is 2.10. The molecule has 1 unspecified atom stereocenters. The van der Waals surface area contributed by atoms with Crippen molar-refractivity contribution in [3.05, 3.63) is 38.9 Å². The van der Waals surface area contributed by atoms with E-state index in [1.54, 1.807) is 0 Å². The molecule has 7 heteroatoms. The number of carbonyl (C=O) groups excluding carboxylic acids is 1. The summed E-state index contributed by atoms with van der Waals surface area (Å²) >= 11 is 9.09. The molecule has 104 valence electrons. The average Bonchev–Trinajstić information content (AvgIpc) is 2.35. The summed E-state index contributed by atoms with van der Waals surface area (Å²) in [6, 6.07) is 3.89. The number of carbonyl (C=O) groups is 1. The molecule has 0 bridgehead atoms. The Hall–Kier alpha value is -1.14. The molecule has 5 nitrogen and oxygen atoms in total. The monoisotopic (exact) mass is 348 g/mol. The molecule has 0 fully saturated rings. The third kappa shape index (κ3) is 4.80. The molecular formula is C12H14BrClN2O3. The first kappa shape index (κ1) is 15.9. The highest BCUT2D eigenvalue weighted by molar-refractivity contribution is 9.09. The molecule has 1 atom stereocenters. The molecule has 0 saturated heterocycles. The Morgan fingerprint density at radius 2 is 2.26 bits per heavy atom. The number of halogens is 2. The second-order valence-electron chi connectivity index (χ2n) is 4.12. The van der Waals surface area contributed by atoms with Crippen molar-refractivity contribution < 1.29 is 9.72 Å². The highest BCUT2D eigenvalue weighted by Crippen LogP contribution is 2.22. The van der Waals surface area contributed by atoms with E-state index in [0.717, 1.165) is 18.2 Å². The molecule has 19 heavy (non-hydrogen) atoms. The van der Waals surface area contributed by atoms with Crippen LogP contribution < -0.4 is 5.32 Å². The summed E-state index contributed by atoms with van der Waals surface area (Å²) in [6.07, 6.45) is 1.71. The van der Waals surface area contributed by atoms with E-state index in [2.05, 4.69) is 21.2 Å². The highest BCUT2D eigenvalue weighted by atomic mass is 79.9. The predicted octanol–water partition coefficient (Wildman–Crippen LogP) is 3.54. The number of nitrogens with one attached hydrogen (secondary N) is 1. The third-order valence-corrected chi connectivity index (χ3v) is 3.34. The van der Waals surface area contributed by atoms with E-state index in [-0.39, 0.29) is 17.3 Å². The minimum atomic E-state index is -0.589. The lowest BCUT2D eigenvalue weighted by molar-refractivity contribution is -0.385. The summed E-state index contributed by atoms with van der Waals surface area (Å²) in [4.78, 5) is 22.3. The maximum atomic E-state index is 12.0. The Morgan fingerprint density at radius 1 is 1.58 bits per heavy atom. The molecule has 0 aromatic heterocycles. The van der Waals surface area contributed by atoms with Gasteiger partial charge in [0.1, 0.15) is 5.56 Å². The van der Waals surface area contributed by atoms with Crippen molar-refractivity contribution in [3.63, 3.8) is 0 Å². The van der Waals surface area contributed by atoms with Crippen LogP contribution in [0, 0.1) is 10.1 Å². The first-order valence-electron chi connectivity index (χ1n) is 5.76. The summed E-state index contributed by atoms with van der Waals surface area (Å²) in [5.74, 6) is -0.476. The van der Waals surface area contributed by atoms with E-state index in [0.29, 0.717) is 5.02 Å². The summed E-state index contributed by atoms with van der Waals surface area (Å²) in [7, 11) is 0. The van der Waals surface area contributed by atoms with Crippen LogP contribution in [-0.4, -0.2) is 22.2 Å². The Morgan fingerprint density at radius 3 is 2.84 bits per heavy atom. The molecule has 1 amide bonds. The van der Waals surface area contributed by atoms with Crippen molar-refractivity contribution in [1.82, 2.24) is 5.32 Å². The van der Waals surface area contributed by atoms with Crippen LogP contribution >= 0.6 is 27.5 Å². The van der Waals surface area contributed by atoms with Crippen LogP contribution in [0.5, 0.6) is 0 Å². The molecular weight excluding hydrogens is 336 g/mol. The average molecular weight is 350 g/mol. The Labute approximate surface area is 124 Å². The van der Waals surface area contributed by atoms with Gasteiger partial charge in [0.2, 0.25) is 0 Å². The zero-order valence-corrected chi connectivity index (χ0v) is 12.7. The van der Waals surface area contributed by atoms with Crippen LogP contribution in [0.2, 0.25) is 5.02 Å². The van der Waals surface area contributed by atoms with Gasteiger partial charge in [-0.2, -0.15) is 0 Å². The van der Waals surface area contributed by atoms with Crippen molar-refractivity contribution in [2.45, 2.75) is 25.8 Å². The van der Waals surface area contributed by atoms with E-state index >= 15 is 0 Å². The lowest BCUT2D eigenvalue weighted by Gasteiger charge is -2.13. The first-order chi connectivity index (χ1) is 8.95. The first-order valence-corrected chi connectivity index (χ1v) is 7.26. The Bertz CT molecular complexity index is 482. The maximum absolute atomic E-state index is 12.0. The predicted molar refractivity (Wildman–Crippen MR) is 78.1 cm³/mol. The van der Waals surface area contributed by atoms with Crippen molar-refractivity contribution in [3.8, 4) is 0 Å². The summed E-state index contributed by atoms with van der Waals surface area (Å²) < 4.78 is 0. The molecule has 0 spiro atoms. The van der Waals surface area contributed by atoms with Crippen LogP contribution in [0.1, 0.15) is 30.1 Å². The number of benzene rings is 1. The second kappa shape index (κ2) is 7.45. The van der Waals surface area contributed by atoms with Gasteiger partial charge in [-0.1, -0.05) is 27.5 Å². The van der Waals surface area contributed by atoms with Gasteiger partial charge < -0.3 is 5.32 Å². The SMILES string of the molecule is CC(CCCBr)NC(=O)c1cc(Cl)ccc1[N+](=O)[O-]. The van der Waals surface area contributed by atoms with Gasteiger partial charge >= 0.3 is 0 Å². The smallest absolute Gasteiger partial charge is 0.282 e. The maximum Gasteiger partial charge on any atom is 0.282 e. The molecule has 0 aliphatic rings. The number of alkyl halides is 1. The second-order valence-corrected chi connectivity index (χ2v) is 5.35. The minimum absolute atomic E-state index is 0.0109. The summed E-state index contributed by atoms with van der Waals surface area (Å²) in [5.41, 5.74) is -0.252. The zero-order chi connectivity index (χ0) is 14.4. The number of hydrogen-bond acceptors (Lipinski definition) is 3. The van der Waals surface area contributed by atoms with Crippen LogP contribution in [-0.2, 0) is 0 Å². The molecule has 0 aliphatic carbocycles. The zero-order valence-electron chi connectivity index (χ0n) is 10.4. The number of amides is 1. The molecule has 0 saturated carbocycles. The molecule has 1 N–H and O–H groups in total. The van der Waals surface area contributed by atoms with Gasteiger partial charge in [0.15, 0.2) is 0 Å². The molecule has 1 rings (SSSR count). The van der Waals surface area contributed by atoms with Crippen LogP contribution in [0.3, 0.4) is 0 Å². The highest BCUT2D eigenvalue weighted by Gasteiger charge is 2.21. The molecule has 0 heterocycles. The molecule has 0 aliphatic heterocycles. The van der Waals surface area contributed by atoms with E-state index in [9.17, 15) is 14.9 Å². The Balaban J connectivity index is 2.86. The number of nitrogens with zero attached hydrogens (tertiary/aromatic N) is 1. The lowest BCUT2D eigenvalue weighted by atomic mass is 10.1. The largest absolute Gasteiger partial charge is 0.349 e. The Kier molecular flexibility index (Phi) is 6.24. The standard InChI is InChI=1S/C12H14BrClN2O3/c1-8(3-2-6-13)15-12(17)10-7-9(14)4-5-11(10)16(18)19/h4-5,7-8H,2-3,6H2,1H3,(H,15,17). The van der Waals surface area contributed by atoms with Gasteiger partial charge in [0.05, 0.1) is 4.92 Å². The van der Waals surface area contributed by atoms with Gasteiger partial charge in [-0.05, 0) is 31.9 Å². The lowest BCUT2D eigenvalue weighted by Crippen LogP contribution is -2.33. The summed E-state index contributed by atoms with van der Waals surface area (Å²) in [5, 5.41) is 14.7. The van der Waals surface area contributed by atoms with Crippen molar-refractivity contribution >= 4 is 39.1 Å². The van der Waals surface area contributed by atoms with Gasteiger partial charge in [-0.25, -0.2) is 0 Å². The van der Waals surface area contributed by atoms with Gasteiger partial charge in [-0.15, -0.1) is 0 Å². The normalized spacial score (nSPS) is 11.9. The van der Waals surface area contributed by atoms with Crippen LogP contribution in [0.25, 0.3) is 0 Å². The van der Waals surface area contributed by atoms with E-state index in [1.807, 2.05) is 6.92 Å². The fraction of sp³-hybridized carbons (Fsp3) is 0.417. The molecule has 1 aromatic rings. The molecule has 1 aromatic carbocycles. The van der Waals surface area contributed by atoms with Gasteiger partial charge in [0, 0.05) is 22.5 Å². The minimum Gasteiger partial charge on any atom is -0.349 e. The number of hydrogen-bond donors (Lipinski definition) is 1. The number of nitro benzene ring substituents is 1. The van der Waals surface area contributed by atoms with Gasteiger partial charge in [0.25, 0.3) is 11.6 Å². The third-order valence-electron chi connectivity index (χ3n) is 2.55. The summed E-state index contributed by atoms with van der Waals surface area (Å²) in [6.45, 7) is 1.86.